The molecule has 170 valence electrons. The Hall–Kier alpha value is -3.01. The monoisotopic (exact) mass is 457 g/mol. The van der Waals surface area contributed by atoms with Gasteiger partial charge in [0.1, 0.15) is 11.9 Å². The maximum Gasteiger partial charge on any atom is 0.330 e. The molecule has 2 aliphatic rings. The van der Waals surface area contributed by atoms with Gasteiger partial charge >= 0.3 is 5.69 Å². The van der Waals surface area contributed by atoms with Crippen LogP contribution in [0, 0.1) is 0 Å². The van der Waals surface area contributed by atoms with Gasteiger partial charge in [-0.3, -0.25) is 23.9 Å². The Morgan fingerprint density at radius 1 is 1.28 bits per heavy atom. The number of carbonyl (C=O) groups is 2. The molecule has 2 aliphatic heterocycles. The summed E-state index contributed by atoms with van der Waals surface area (Å²) in [5, 5.41) is 0. The van der Waals surface area contributed by atoms with E-state index >= 15 is 0 Å². The molecule has 32 heavy (non-hydrogen) atoms. The summed E-state index contributed by atoms with van der Waals surface area (Å²) >= 11 is 1.59. The molecular formula is C22H27N5O4S. The zero-order chi connectivity index (χ0) is 23.0. The van der Waals surface area contributed by atoms with Gasteiger partial charge in [-0.2, -0.15) is 0 Å². The fourth-order valence-electron chi connectivity index (χ4n) is 4.50. The van der Waals surface area contributed by atoms with Crippen molar-refractivity contribution in [3.8, 4) is 0 Å². The first-order valence-corrected chi connectivity index (χ1v) is 11.7. The highest BCUT2D eigenvalue weighted by Gasteiger charge is 2.53. The number of benzene rings is 1. The summed E-state index contributed by atoms with van der Waals surface area (Å²) in [5.74, 6) is -0.00262. The summed E-state index contributed by atoms with van der Waals surface area (Å²) in [4.78, 5) is 56.4. The van der Waals surface area contributed by atoms with Crippen LogP contribution in [0.25, 0.3) is 0 Å². The average Bonchev–Trinajstić information content (AvgIpc) is 3.26. The number of hydrogen-bond donors (Lipinski definition) is 2. The first kappa shape index (κ1) is 22.2. The number of anilines is 2. The summed E-state index contributed by atoms with van der Waals surface area (Å²) < 4.78 is 1.26. The van der Waals surface area contributed by atoms with E-state index in [0.717, 1.165) is 5.56 Å². The molecule has 2 fully saturated rings. The maximum atomic E-state index is 13.6. The number of nitrogens with zero attached hydrogens (tertiary/aromatic N) is 3. The molecule has 0 saturated carbocycles. The first-order chi connectivity index (χ1) is 15.3. The van der Waals surface area contributed by atoms with Gasteiger partial charge in [0.05, 0.1) is 11.4 Å². The molecule has 4 rings (SSSR count). The van der Waals surface area contributed by atoms with E-state index in [9.17, 15) is 19.2 Å². The second-order valence-corrected chi connectivity index (χ2v) is 9.82. The molecule has 10 heteroatoms. The van der Waals surface area contributed by atoms with E-state index in [-0.39, 0.29) is 36.4 Å². The van der Waals surface area contributed by atoms with Crippen LogP contribution in [0.3, 0.4) is 0 Å². The minimum Gasteiger partial charge on any atom is -0.383 e. The number of nitrogen functional groups attached to an aromatic ring is 1. The van der Waals surface area contributed by atoms with Crippen LogP contribution in [0.4, 0.5) is 11.5 Å². The quantitative estimate of drug-likeness (QED) is 0.676. The third kappa shape index (κ3) is 3.72. The number of hydrogen-bond acceptors (Lipinski definition) is 6. The molecule has 0 unspecified atom stereocenters. The number of aromatic amines is 1. The van der Waals surface area contributed by atoms with Crippen LogP contribution in [0.1, 0.15) is 38.7 Å². The lowest BCUT2D eigenvalue weighted by molar-refractivity contribution is -0.136. The summed E-state index contributed by atoms with van der Waals surface area (Å²) in [6.07, 6.45) is 1.68. The van der Waals surface area contributed by atoms with E-state index in [1.54, 1.807) is 16.7 Å². The van der Waals surface area contributed by atoms with Crippen molar-refractivity contribution >= 4 is 35.1 Å². The Labute approximate surface area is 189 Å². The highest BCUT2D eigenvalue weighted by molar-refractivity contribution is 8.01. The van der Waals surface area contributed by atoms with Crippen LogP contribution in [0.15, 0.2) is 39.9 Å². The van der Waals surface area contributed by atoms with E-state index in [4.69, 9.17) is 5.73 Å². The topological polar surface area (TPSA) is 121 Å². The van der Waals surface area contributed by atoms with E-state index < -0.39 is 22.2 Å². The maximum absolute atomic E-state index is 13.6. The lowest BCUT2D eigenvalue weighted by Crippen LogP contribution is -2.53. The molecule has 2 amide bonds. The van der Waals surface area contributed by atoms with Gasteiger partial charge in [0.2, 0.25) is 5.91 Å². The lowest BCUT2D eigenvalue weighted by atomic mass is 10.2. The molecular weight excluding hydrogens is 430 g/mol. The van der Waals surface area contributed by atoms with Gasteiger partial charge in [-0.15, -0.1) is 11.8 Å². The van der Waals surface area contributed by atoms with Crippen molar-refractivity contribution in [3.05, 3.63) is 56.7 Å². The van der Waals surface area contributed by atoms with Gasteiger partial charge in [-0.25, -0.2) is 4.79 Å². The van der Waals surface area contributed by atoms with Crippen molar-refractivity contribution < 1.29 is 9.59 Å². The summed E-state index contributed by atoms with van der Waals surface area (Å²) in [5.41, 5.74) is 5.77. The smallest absolute Gasteiger partial charge is 0.330 e. The van der Waals surface area contributed by atoms with Crippen LogP contribution in [-0.2, 0) is 16.1 Å². The molecule has 0 radical (unpaired) electrons. The number of amides is 2. The first-order valence-electron chi connectivity index (χ1n) is 10.7. The minimum atomic E-state index is -0.709. The minimum absolute atomic E-state index is 0.0439. The van der Waals surface area contributed by atoms with Gasteiger partial charge in [-0.05, 0) is 25.3 Å². The summed E-state index contributed by atoms with van der Waals surface area (Å²) in [6.45, 7) is 4.27. The van der Waals surface area contributed by atoms with E-state index in [1.807, 2.05) is 44.2 Å². The van der Waals surface area contributed by atoms with Crippen molar-refractivity contribution in [1.82, 2.24) is 14.5 Å². The molecule has 0 spiro atoms. The number of nitrogens with two attached hydrogens (primary N) is 1. The summed E-state index contributed by atoms with van der Waals surface area (Å²) in [6, 6.07) is 8.58. The van der Waals surface area contributed by atoms with Gasteiger partial charge in [-0.1, -0.05) is 37.3 Å². The van der Waals surface area contributed by atoms with Crippen molar-refractivity contribution in [2.24, 2.45) is 0 Å². The number of rotatable bonds is 6. The second kappa shape index (κ2) is 8.50. The molecule has 9 nitrogen and oxygen atoms in total. The SMILES string of the molecule is CCCN(C(=O)[C@@H]1CS[C@]2(C)CCC(=O)N12)c1c(N)n(Cc2ccccc2)c(=O)[nH]c1=O. The highest BCUT2D eigenvalue weighted by atomic mass is 32.2. The van der Waals surface area contributed by atoms with E-state index in [1.165, 1.54) is 9.47 Å². The average molecular weight is 458 g/mol. The van der Waals surface area contributed by atoms with Gasteiger partial charge < -0.3 is 15.5 Å². The van der Waals surface area contributed by atoms with Gasteiger partial charge in [0, 0.05) is 18.7 Å². The third-order valence-corrected chi connectivity index (χ3v) is 7.62. The second-order valence-electron chi connectivity index (χ2n) is 8.32. The Balaban J connectivity index is 1.75. The Morgan fingerprint density at radius 2 is 2.00 bits per heavy atom. The summed E-state index contributed by atoms with van der Waals surface area (Å²) in [7, 11) is 0. The molecule has 3 heterocycles. The number of H-pyrrole nitrogens is 1. The zero-order valence-corrected chi connectivity index (χ0v) is 19.0. The van der Waals surface area contributed by atoms with Crippen molar-refractivity contribution in [2.45, 2.75) is 50.6 Å². The Kier molecular flexibility index (Phi) is 5.89. The van der Waals surface area contributed by atoms with Gasteiger partial charge in [0.15, 0.2) is 5.69 Å². The molecule has 2 atom stereocenters. The number of nitrogens with one attached hydrogen (secondary N) is 1. The van der Waals surface area contributed by atoms with E-state index in [2.05, 4.69) is 4.98 Å². The molecule has 0 aliphatic carbocycles. The number of aromatic nitrogens is 2. The highest BCUT2D eigenvalue weighted by Crippen LogP contribution is 2.47. The molecule has 2 aromatic rings. The Morgan fingerprint density at radius 3 is 2.69 bits per heavy atom. The van der Waals surface area contributed by atoms with Crippen LogP contribution in [0.5, 0.6) is 0 Å². The standard InChI is InChI=1S/C22H27N5O4S/c1-3-11-25(20(30)15-13-32-22(2)10-9-16(28)27(15)22)17-18(23)26(21(31)24-19(17)29)12-14-7-5-4-6-8-14/h4-8,15H,3,9-13,23H2,1-2H3,(H,24,29,31)/t15-,22+/m0/s1. The molecule has 1 aromatic heterocycles. The van der Waals surface area contributed by atoms with Crippen molar-refractivity contribution in [1.29, 1.82) is 0 Å². The predicted molar refractivity (Wildman–Crippen MR) is 125 cm³/mol. The van der Waals surface area contributed by atoms with Crippen molar-refractivity contribution in [3.63, 3.8) is 0 Å². The lowest BCUT2D eigenvalue weighted by Gasteiger charge is -2.33. The fraction of sp³-hybridized carbons (Fsp3) is 0.455. The van der Waals surface area contributed by atoms with Crippen LogP contribution < -0.4 is 21.9 Å². The van der Waals surface area contributed by atoms with Crippen LogP contribution in [-0.4, -0.2) is 49.5 Å². The molecule has 1 aromatic carbocycles. The molecule has 2 saturated heterocycles. The number of fused-ring (bicyclic) bond motifs is 1. The molecule has 0 bridgehead atoms. The fourth-order valence-corrected chi connectivity index (χ4v) is 5.92. The predicted octanol–water partition coefficient (Wildman–Crippen LogP) is 1.36. The largest absolute Gasteiger partial charge is 0.383 e. The van der Waals surface area contributed by atoms with Crippen LogP contribution >= 0.6 is 11.8 Å². The normalized spacial score (nSPS) is 22.2. The number of carbonyl (C=O) groups excluding carboxylic acids is 2. The Bertz CT molecular complexity index is 1160. The van der Waals surface area contributed by atoms with Crippen molar-refractivity contribution in [2.75, 3.05) is 22.9 Å². The van der Waals surface area contributed by atoms with Gasteiger partial charge in [0.25, 0.3) is 11.5 Å². The third-order valence-electron chi connectivity index (χ3n) is 6.11. The van der Waals surface area contributed by atoms with E-state index in [0.29, 0.717) is 25.0 Å². The zero-order valence-electron chi connectivity index (χ0n) is 18.2. The molecule has 3 N–H and O–H groups in total. The number of thioether (sulfide) groups is 1. The van der Waals surface area contributed by atoms with Crippen LogP contribution in [0.2, 0.25) is 0 Å².